The predicted octanol–water partition coefficient (Wildman–Crippen LogP) is 2.78. The molecule has 2 aliphatic heterocycles. The lowest BCUT2D eigenvalue weighted by atomic mass is 10.1. The van der Waals surface area contributed by atoms with E-state index in [0.717, 1.165) is 70.8 Å². The van der Waals surface area contributed by atoms with Crippen molar-refractivity contribution in [2.24, 2.45) is 10.9 Å². The fourth-order valence-corrected chi connectivity index (χ4v) is 3.79. The summed E-state index contributed by atoms with van der Waals surface area (Å²) in [6.07, 6.45) is 2.26. The van der Waals surface area contributed by atoms with Crippen molar-refractivity contribution in [3.05, 3.63) is 35.4 Å². The Morgan fingerprint density at radius 1 is 1.19 bits per heavy atom. The van der Waals surface area contributed by atoms with Crippen LogP contribution in [0.3, 0.4) is 0 Å². The molecule has 1 atom stereocenters. The van der Waals surface area contributed by atoms with Gasteiger partial charge in [0.1, 0.15) is 0 Å². The van der Waals surface area contributed by atoms with Gasteiger partial charge in [0.25, 0.3) is 0 Å². The van der Waals surface area contributed by atoms with E-state index in [1.165, 1.54) is 24.1 Å². The van der Waals surface area contributed by atoms with Gasteiger partial charge in [0, 0.05) is 45.8 Å². The van der Waals surface area contributed by atoms with E-state index in [9.17, 15) is 0 Å². The second-order valence-corrected chi connectivity index (χ2v) is 7.48. The second kappa shape index (κ2) is 11.9. The molecule has 2 fully saturated rings. The van der Waals surface area contributed by atoms with Gasteiger partial charge >= 0.3 is 0 Å². The molecule has 0 aromatic heterocycles. The topological polar surface area (TPSA) is 40.1 Å². The van der Waals surface area contributed by atoms with Crippen LogP contribution in [0.25, 0.3) is 0 Å². The van der Waals surface area contributed by atoms with Gasteiger partial charge in [-0.3, -0.25) is 9.89 Å². The van der Waals surface area contributed by atoms with E-state index in [0.29, 0.717) is 0 Å². The molecule has 0 amide bonds. The zero-order valence-electron chi connectivity index (χ0n) is 16.8. The van der Waals surface area contributed by atoms with Crippen LogP contribution in [-0.4, -0.2) is 74.8 Å². The first kappa shape index (κ1) is 22.4. The summed E-state index contributed by atoms with van der Waals surface area (Å²) in [6, 6.07) is 8.79. The van der Waals surface area contributed by atoms with Crippen LogP contribution >= 0.6 is 24.0 Å². The van der Waals surface area contributed by atoms with Crippen molar-refractivity contribution in [3.8, 4) is 0 Å². The van der Waals surface area contributed by atoms with Crippen LogP contribution in [-0.2, 0) is 11.2 Å². The molecule has 0 spiro atoms. The Bertz CT molecular complexity index is 572. The summed E-state index contributed by atoms with van der Waals surface area (Å²) in [5, 5.41) is 3.49. The lowest BCUT2D eigenvalue weighted by Gasteiger charge is -2.29. The molecule has 0 aliphatic carbocycles. The van der Waals surface area contributed by atoms with E-state index < -0.39 is 0 Å². The molecule has 2 saturated heterocycles. The zero-order valence-corrected chi connectivity index (χ0v) is 19.2. The van der Waals surface area contributed by atoms with E-state index in [2.05, 4.69) is 53.2 Å². The van der Waals surface area contributed by atoms with E-state index in [1.807, 2.05) is 0 Å². The number of likely N-dealkylation sites (tertiary alicyclic amines) is 1. The normalized spacial score (nSPS) is 21.2. The van der Waals surface area contributed by atoms with Gasteiger partial charge in [0.15, 0.2) is 5.96 Å². The Kier molecular flexibility index (Phi) is 9.86. The Labute approximate surface area is 181 Å². The highest BCUT2D eigenvalue weighted by molar-refractivity contribution is 14.0. The minimum atomic E-state index is 0. The number of halogens is 1. The maximum atomic E-state index is 5.46. The zero-order chi connectivity index (χ0) is 18.2. The number of ether oxygens (including phenoxy) is 1. The monoisotopic (exact) mass is 486 g/mol. The van der Waals surface area contributed by atoms with Crippen molar-refractivity contribution in [2.75, 3.05) is 59.0 Å². The third-order valence-electron chi connectivity index (χ3n) is 5.32. The molecule has 1 unspecified atom stereocenters. The molecule has 6 heteroatoms. The molecule has 152 valence electrons. The molecule has 1 N–H and O–H groups in total. The minimum Gasteiger partial charge on any atom is -0.379 e. The van der Waals surface area contributed by atoms with Crippen molar-refractivity contribution in [1.29, 1.82) is 0 Å². The molecule has 2 heterocycles. The second-order valence-electron chi connectivity index (χ2n) is 7.48. The number of aliphatic imine (C=N–C) groups is 1. The van der Waals surface area contributed by atoms with E-state index >= 15 is 0 Å². The Morgan fingerprint density at radius 2 is 1.93 bits per heavy atom. The quantitative estimate of drug-likeness (QED) is 0.382. The van der Waals surface area contributed by atoms with Gasteiger partial charge in [0.2, 0.25) is 0 Å². The summed E-state index contributed by atoms with van der Waals surface area (Å²) in [7, 11) is 0. The highest BCUT2D eigenvalue weighted by atomic mass is 127. The highest BCUT2D eigenvalue weighted by Gasteiger charge is 2.26. The summed E-state index contributed by atoms with van der Waals surface area (Å²) < 4.78 is 5.46. The van der Waals surface area contributed by atoms with Gasteiger partial charge in [-0.05, 0) is 38.2 Å². The van der Waals surface area contributed by atoms with Crippen LogP contribution in [0.15, 0.2) is 29.3 Å². The largest absolute Gasteiger partial charge is 0.379 e. The molecular formula is C21H35IN4O. The summed E-state index contributed by atoms with van der Waals surface area (Å²) in [4.78, 5) is 9.90. The number of rotatable bonds is 6. The predicted molar refractivity (Wildman–Crippen MR) is 123 cm³/mol. The smallest absolute Gasteiger partial charge is 0.193 e. The first-order valence-electron chi connectivity index (χ1n) is 10.1. The molecule has 0 saturated carbocycles. The molecule has 5 nitrogen and oxygen atoms in total. The van der Waals surface area contributed by atoms with Crippen LogP contribution in [0.5, 0.6) is 0 Å². The molecule has 2 aliphatic rings. The number of nitrogens with one attached hydrogen (secondary N) is 1. The van der Waals surface area contributed by atoms with Gasteiger partial charge in [-0.1, -0.05) is 29.8 Å². The Morgan fingerprint density at radius 3 is 2.63 bits per heavy atom. The van der Waals surface area contributed by atoms with Gasteiger partial charge in [-0.25, -0.2) is 0 Å². The fraction of sp³-hybridized carbons (Fsp3) is 0.667. The fourth-order valence-electron chi connectivity index (χ4n) is 3.79. The molecule has 1 aromatic rings. The number of hydrogen-bond donors (Lipinski definition) is 1. The summed E-state index contributed by atoms with van der Waals surface area (Å²) in [5.74, 6) is 1.83. The van der Waals surface area contributed by atoms with Gasteiger partial charge in [-0.2, -0.15) is 0 Å². The molecular weight excluding hydrogens is 451 g/mol. The van der Waals surface area contributed by atoms with Gasteiger partial charge < -0.3 is 15.0 Å². The van der Waals surface area contributed by atoms with E-state index in [1.54, 1.807) is 0 Å². The van der Waals surface area contributed by atoms with Crippen LogP contribution in [0.2, 0.25) is 0 Å². The number of hydrogen-bond acceptors (Lipinski definition) is 3. The molecule has 27 heavy (non-hydrogen) atoms. The maximum Gasteiger partial charge on any atom is 0.193 e. The van der Waals surface area contributed by atoms with Crippen LogP contribution in [0.4, 0.5) is 0 Å². The van der Waals surface area contributed by atoms with Crippen LogP contribution in [0.1, 0.15) is 24.5 Å². The lowest BCUT2D eigenvalue weighted by molar-refractivity contribution is 0.0315. The number of benzene rings is 1. The summed E-state index contributed by atoms with van der Waals surface area (Å²) in [6.45, 7) is 13.4. The first-order valence-corrected chi connectivity index (χ1v) is 10.1. The van der Waals surface area contributed by atoms with Crippen LogP contribution < -0.4 is 5.32 Å². The average Bonchev–Trinajstić information content (AvgIpc) is 3.12. The summed E-state index contributed by atoms with van der Waals surface area (Å²) in [5.41, 5.74) is 2.68. The molecule has 0 radical (unpaired) electrons. The van der Waals surface area contributed by atoms with Crippen molar-refractivity contribution < 1.29 is 4.74 Å². The van der Waals surface area contributed by atoms with Gasteiger partial charge in [0.05, 0.1) is 13.2 Å². The minimum absolute atomic E-state index is 0. The average molecular weight is 486 g/mol. The Balaban J connectivity index is 0.00000261. The van der Waals surface area contributed by atoms with Crippen molar-refractivity contribution in [2.45, 2.75) is 26.7 Å². The van der Waals surface area contributed by atoms with Gasteiger partial charge in [-0.15, -0.1) is 24.0 Å². The Hall–Kier alpha value is -0.860. The van der Waals surface area contributed by atoms with E-state index in [-0.39, 0.29) is 24.0 Å². The third-order valence-corrected chi connectivity index (χ3v) is 5.32. The number of guanidine groups is 1. The highest BCUT2D eigenvalue weighted by Crippen LogP contribution is 2.18. The standard InChI is InChI=1S/C21H34N4O.HI/c1-3-22-21(23-10-8-19-6-4-18(2)5-7-19)25-11-9-20(17-25)16-24-12-14-26-15-13-24;/h4-7,20H,3,8-17H2,1-2H3,(H,22,23);1H. The lowest BCUT2D eigenvalue weighted by Crippen LogP contribution is -2.42. The molecule has 1 aromatic carbocycles. The summed E-state index contributed by atoms with van der Waals surface area (Å²) >= 11 is 0. The number of morpholine rings is 1. The maximum absolute atomic E-state index is 5.46. The SMILES string of the molecule is CCNC(=NCCc1ccc(C)cc1)N1CCC(CN2CCOCC2)C1.I. The number of nitrogens with zero attached hydrogens (tertiary/aromatic N) is 3. The third kappa shape index (κ3) is 7.23. The van der Waals surface area contributed by atoms with Crippen molar-refractivity contribution in [1.82, 2.24) is 15.1 Å². The molecule has 3 rings (SSSR count). The van der Waals surface area contributed by atoms with Crippen molar-refractivity contribution in [3.63, 3.8) is 0 Å². The first-order chi connectivity index (χ1) is 12.7. The van der Waals surface area contributed by atoms with E-state index in [4.69, 9.17) is 9.73 Å². The van der Waals surface area contributed by atoms with Crippen molar-refractivity contribution >= 4 is 29.9 Å². The van der Waals surface area contributed by atoms with Crippen LogP contribution in [0, 0.1) is 12.8 Å². The molecule has 0 bridgehead atoms. The number of aryl methyl sites for hydroxylation is 1.